The van der Waals surface area contributed by atoms with Crippen LogP contribution in [0.4, 0.5) is 0 Å². The molecule has 0 saturated carbocycles. The minimum Gasteiger partial charge on any atom is -0.497 e. The van der Waals surface area contributed by atoms with Crippen molar-refractivity contribution in [3.05, 3.63) is 65.7 Å². The van der Waals surface area contributed by atoms with Gasteiger partial charge in [0, 0.05) is 12.6 Å². The number of ether oxygens (including phenoxy) is 1. The number of rotatable bonds is 5. The van der Waals surface area contributed by atoms with Crippen LogP contribution in [0.1, 0.15) is 36.1 Å². The van der Waals surface area contributed by atoms with Crippen molar-refractivity contribution in [1.29, 1.82) is 0 Å². The Morgan fingerprint density at radius 3 is 2.55 bits per heavy atom. The van der Waals surface area contributed by atoms with E-state index in [1.807, 2.05) is 42.5 Å². The van der Waals surface area contributed by atoms with Gasteiger partial charge in [-0.25, -0.2) is 0 Å². The van der Waals surface area contributed by atoms with Gasteiger partial charge in [-0.2, -0.15) is 0 Å². The molecule has 1 saturated heterocycles. The molecule has 3 rings (SSSR count). The van der Waals surface area contributed by atoms with Crippen molar-refractivity contribution >= 4 is 0 Å². The van der Waals surface area contributed by atoms with Crippen molar-refractivity contribution in [3.8, 4) is 5.75 Å². The van der Waals surface area contributed by atoms with Crippen LogP contribution in [0.5, 0.6) is 5.75 Å². The molecule has 1 heterocycles. The second-order valence-electron chi connectivity index (χ2n) is 5.85. The summed E-state index contributed by atoms with van der Waals surface area (Å²) in [6, 6.07) is 18.6. The van der Waals surface area contributed by atoms with Gasteiger partial charge in [0.05, 0.1) is 13.2 Å². The van der Waals surface area contributed by atoms with Crippen molar-refractivity contribution in [2.75, 3.05) is 20.2 Å². The van der Waals surface area contributed by atoms with E-state index in [2.05, 4.69) is 17.0 Å². The third-order valence-corrected chi connectivity index (χ3v) is 4.46. The molecule has 1 fully saturated rings. The second-order valence-corrected chi connectivity index (χ2v) is 5.85. The highest BCUT2D eigenvalue weighted by atomic mass is 16.5. The van der Waals surface area contributed by atoms with Crippen LogP contribution in [0.15, 0.2) is 54.6 Å². The van der Waals surface area contributed by atoms with E-state index in [0.717, 1.165) is 24.3 Å². The summed E-state index contributed by atoms with van der Waals surface area (Å²) in [5, 5.41) is 10.5. The van der Waals surface area contributed by atoms with Crippen LogP contribution >= 0.6 is 0 Å². The summed E-state index contributed by atoms with van der Waals surface area (Å²) in [4.78, 5) is 2.39. The van der Waals surface area contributed by atoms with Gasteiger partial charge in [-0.3, -0.25) is 4.90 Å². The predicted molar refractivity (Wildman–Crippen MR) is 87.9 cm³/mol. The molecule has 0 aromatic heterocycles. The molecule has 2 unspecified atom stereocenters. The third-order valence-electron chi connectivity index (χ3n) is 4.46. The minimum absolute atomic E-state index is 0.393. The van der Waals surface area contributed by atoms with E-state index < -0.39 is 6.10 Å². The molecular formula is C19H23NO2. The molecule has 0 amide bonds. The molecule has 0 aliphatic carbocycles. The number of nitrogens with zero attached hydrogens (tertiary/aromatic N) is 1. The molecule has 1 aliphatic heterocycles. The Morgan fingerprint density at radius 1 is 1.14 bits per heavy atom. The standard InChI is InChI=1S/C19H23NO2/c1-22-17-11-9-15(10-12-17)18-8-5-13-20(18)14-19(21)16-6-3-2-4-7-16/h2-4,6-7,9-12,18-19,21H,5,8,13-14H2,1H3. The number of β-amino-alcohol motifs (C(OH)–C–C–N with tert-alkyl or cyclic N) is 1. The first-order valence-electron chi connectivity index (χ1n) is 7.89. The number of aliphatic hydroxyl groups excluding tert-OH is 1. The lowest BCUT2D eigenvalue weighted by Crippen LogP contribution is -2.28. The fraction of sp³-hybridized carbons (Fsp3) is 0.368. The van der Waals surface area contributed by atoms with Crippen LogP contribution in [-0.4, -0.2) is 30.2 Å². The fourth-order valence-corrected chi connectivity index (χ4v) is 3.25. The first kappa shape index (κ1) is 15.1. The summed E-state index contributed by atoms with van der Waals surface area (Å²) in [6.45, 7) is 1.72. The highest BCUT2D eigenvalue weighted by Crippen LogP contribution is 2.34. The van der Waals surface area contributed by atoms with Crippen LogP contribution in [0.3, 0.4) is 0 Å². The Bertz CT molecular complexity index is 582. The van der Waals surface area contributed by atoms with Gasteiger partial charge in [-0.15, -0.1) is 0 Å². The van der Waals surface area contributed by atoms with Crippen LogP contribution in [0.25, 0.3) is 0 Å². The number of likely N-dealkylation sites (tertiary alicyclic amines) is 1. The predicted octanol–water partition coefficient (Wildman–Crippen LogP) is 3.57. The van der Waals surface area contributed by atoms with Gasteiger partial charge in [0.2, 0.25) is 0 Å². The van der Waals surface area contributed by atoms with Gasteiger partial charge in [-0.05, 0) is 42.6 Å². The zero-order chi connectivity index (χ0) is 15.4. The van der Waals surface area contributed by atoms with E-state index >= 15 is 0 Å². The Hall–Kier alpha value is -1.84. The van der Waals surface area contributed by atoms with E-state index in [0.29, 0.717) is 12.6 Å². The summed E-state index contributed by atoms with van der Waals surface area (Å²) >= 11 is 0. The quantitative estimate of drug-likeness (QED) is 0.916. The molecule has 2 aromatic carbocycles. The van der Waals surface area contributed by atoms with Gasteiger partial charge in [0.1, 0.15) is 5.75 Å². The monoisotopic (exact) mass is 297 g/mol. The normalized spacial score (nSPS) is 20.0. The number of aliphatic hydroxyl groups is 1. The van der Waals surface area contributed by atoms with E-state index in [1.165, 1.54) is 12.0 Å². The van der Waals surface area contributed by atoms with Crippen molar-refractivity contribution in [2.45, 2.75) is 25.0 Å². The molecule has 22 heavy (non-hydrogen) atoms. The molecule has 3 heteroatoms. The third kappa shape index (κ3) is 3.32. The van der Waals surface area contributed by atoms with Crippen molar-refractivity contribution in [1.82, 2.24) is 4.90 Å². The van der Waals surface area contributed by atoms with E-state index in [1.54, 1.807) is 7.11 Å². The Kier molecular flexibility index (Phi) is 4.76. The van der Waals surface area contributed by atoms with Gasteiger partial charge in [0.15, 0.2) is 0 Å². The van der Waals surface area contributed by atoms with Crippen LogP contribution < -0.4 is 4.74 Å². The van der Waals surface area contributed by atoms with Crippen LogP contribution in [0, 0.1) is 0 Å². The van der Waals surface area contributed by atoms with Crippen LogP contribution in [0.2, 0.25) is 0 Å². The minimum atomic E-state index is -0.431. The lowest BCUT2D eigenvalue weighted by atomic mass is 10.0. The molecule has 0 bridgehead atoms. The average molecular weight is 297 g/mol. The molecule has 1 aliphatic rings. The second kappa shape index (κ2) is 6.95. The van der Waals surface area contributed by atoms with Gasteiger partial charge in [-0.1, -0.05) is 42.5 Å². The first-order chi connectivity index (χ1) is 10.8. The smallest absolute Gasteiger partial charge is 0.118 e. The van der Waals surface area contributed by atoms with Crippen molar-refractivity contribution in [2.24, 2.45) is 0 Å². The lowest BCUT2D eigenvalue weighted by Gasteiger charge is -2.27. The Labute approximate surface area is 132 Å². The summed E-state index contributed by atoms with van der Waals surface area (Å²) in [5.41, 5.74) is 2.29. The van der Waals surface area contributed by atoms with Gasteiger partial charge >= 0.3 is 0 Å². The summed E-state index contributed by atoms with van der Waals surface area (Å²) < 4.78 is 5.23. The first-order valence-corrected chi connectivity index (χ1v) is 7.89. The van der Waals surface area contributed by atoms with E-state index in [9.17, 15) is 5.11 Å². The molecule has 1 N–H and O–H groups in total. The summed E-state index contributed by atoms with van der Waals surface area (Å²) in [7, 11) is 1.69. The number of benzene rings is 2. The number of hydrogen-bond donors (Lipinski definition) is 1. The molecular weight excluding hydrogens is 274 g/mol. The topological polar surface area (TPSA) is 32.7 Å². The van der Waals surface area contributed by atoms with Gasteiger partial charge < -0.3 is 9.84 Å². The maximum atomic E-state index is 10.5. The number of methoxy groups -OCH3 is 1. The molecule has 0 spiro atoms. The van der Waals surface area contributed by atoms with Gasteiger partial charge in [0.25, 0.3) is 0 Å². The number of hydrogen-bond acceptors (Lipinski definition) is 3. The Balaban J connectivity index is 1.70. The highest BCUT2D eigenvalue weighted by Gasteiger charge is 2.27. The molecule has 2 aromatic rings. The summed E-state index contributed by atoms with van der Waals surface area (Å²) in [5.74, 6) is 0.887. The zero-order valence-corrected chi connectivity index (χ0v) is 13.0. The van der Waals surface area contributed by atoms with Crippen LogP contribution in [-0.2, 0) is 0 Å². The zero-order valence-electron chi connectivity index (χ0n) is 13.0. The maximum Gasteiger partial charge on any atom is 0.118 e. The average Bonchev–Trinajstić information content (AvgIpc) is 3.04. The molecule has 2 atom stereocenters. The lowest BCUT2D eigenvalue weighted by molar-refractivity contribution is 0.106. The van der Waals surface area contributed by atoms with E-state index in [-0.39, 0.29) is 0 Å². The fourth-order valence-electron chi connectivity index (χ4n) is 3.25. The van der Waals surface area contributed by atoms with E-state index in [4.69, 9.17) is 4.74 Å². The molecule has 3 nitrogen and oxygen atoms in total. The highest BCUT2D eigenvalue weighted by molar-refractivity contribution is 5.29. The van der Waals surface area contributed by atoms with Crippen molar-refractivity contribution < 1.29 is 9.84 Å². The Morgan fingerprint density at radius 2 is 1.86 bits per heavy atom. The maximum absolute atomic E-state index is 10.5. The summed E-state index contributed by atoms with van der Waals surface area (Å²) in [6.07, 6.45) is 1.89. The molecule has 0 radical (unpaired) electrons. The van der Waals surface area contributed by atoms with Crippen molar-refractivity contribution in [3.63, 3.8) is 0 Å². The SMILES string of the molecule is COc1ccc(C2CCCN2CC(O)c2ccccc2)cc1. The largest absolute Gasteiger partial charge is 0.497 e. The molecule has 116 valence electrons.